The molecule has 134 valence electrons. The van der Waals surface area contributed by atoms with Crippen molar-refractivity contribution in [2.75, 3.05) is 0 Å². The third-order valence-corrected chi connectivity index (χ3v) is 8.00. The van der Waals surface area contributed by atoms with Gasteiger partial charge in [0.2, 0.25) is 0 Å². The first kappa shape index (κ1) is 16.7. The zero-order valence-corrected chi connectivity index (χ0v) is 14.5. The van der Waals surface area contributed by atoms with Crippen LogP contribution < -0.4 is 0 Å². The number of halogens is 3. The first-order valence-corrected chi connectivity index (χ1v) is 9.51. The summed E-state index contributed by atoms with van der Waals surface area (Å²) in [5.41, 5.74) is 0.987. The van der Waals surface area contributed by atoms with Crippen molar-refractivity contribution in [1.29, 1.82) is 0 Å². The molecule has 4 heteroatoms. The Balaban J connectivity index is 1.55. The fraction of sp³-hybridized carbons (Fsp3) is 0.850. The second kappa shape index (κ2) is 5.35. The SMILES string of the molecule is CC1=CC(=O)C2(C)CCC3C4CCC(C(F)(F)F)CC4CCC3C12. The van der Waals surface area contributed by atoms with Crippen LogP contribution in [-0.2, 0) is 4.79 Å². The second-order valence-electron chi connectivity index (χ2n) is 9.07. The van der Waals surface area contributed by atoms with Gasteiger partial charge in [-0.15, -0.1) is 0 Å². The fourth-order valence-corrected chi connectivity index (χ4v) is 6.93. The summed E-state index contributed by atoms with van der Waals surface area (Å²) in [6.45, 7) is 4.21. The zero-order chi connectivity index (χ0) is 17.3. The van der Waals surface area contributed by atoms with E-state index < -0.39 is 12.1 Å². The van der Waals surface area contributed by atoms with Crippen molar-refractivity contribution < 1.29 is 18.0 Å². The third kappa shape index (κ3) is 2.31. The van der Waals surface area contributed by atoms with E-state index in [4.69, 9.17) is 0 Å². The molecule has 4 aliphatic rings. The summed E-state index contributed by atoms with van der Waals surface area (Å²) in [5.74, 6) is 1.28. The van der Waals surface area contributed by atoms with Crippen LogP contribution in [0.3, 0.4) is 0 Å². The molecular weight excluding hydrogens is 313 g/mol. The normalized spacial score (nSPS) is 48.4. The Hall–Kier alpha value is -0.800. The molecule has 4 aliphatic carbocycles. The number of hydrogen-bond acceptors (Lipinski definition) is 1. The van der Waals surface area contributed by atoms with E-state index in [1.54, 1.807) is 0 Å². The average molecular weight is 340 g/mol. The van der Waals surface area contributed by atoms with Crippen LogP contribution in [0.2, 0.25) is 0 Å². The molecule has 7 unspecified atom stereocenters. The molecule has 1 nitrogen and oxygen atoms in total. The molecule has 0 heterocycles. The Morgan fingerprint density at radius 2 is 1.75 bits per heavy atom. The summed E-state index contributed by atoms with van der Waals surface area (Å²) in [5, 5.41) is 0. The van der Waals surface area contributed by atoms with Crippen LogP contribution in [-0.4, -0.2) is 12.0 Å². The van der Waals surface area contributed by atoms with Gasteiger partial charge in [-0.1, -0.05) is 12.5 Å². The Bertz CT molecular complexity index is 578. The summed E-state index contributed by atoms with van der Waals surface area (Å²) in [4.78, 5) is 12.4. The number of hydrogen-bond donors (Lipinski definition) is 0. The van der Waals surface area contributed by atoms with E-state index in [0.717, 1.165) is 32.1 Å². The predicted octanol–water partition coefficient (Wildman–Crippen LogP) is 5.55. The Morgan fingerprint density at radius 3 is 2.46 bits per heavy atom. The van der Waals surface area contributed by atoms with E-state index in [9.17, 15) is 18.0 Å². The summed E-state index contributed by atoms with van der Waals surface area (Å²) in [7, 11) is 0. The number of allylic oxidation sites excluding steroid dienone is 2. The topological polar surface area (TPSA) is 17.1 Å². The van der Waals surface area contributed by atoms with Gasteiger partial charge < -0.3 is 0 Å². The quantitative estimate of drug-likeness (QED) is 0.565. The maximum Gasteiger partial charge on any atom is 0.391 e. The van der Waals surface area contributed by atoms with Gasteiger partial charge in [-0.2, -0.15) is 13.2 Å². The van der Waals surface area contributed by atoms with Crippen LogP contribution in [0, 0.1) is 40.9 Å². The molecule has 3 fully saturated rings. The van der Waals surface area contributed by atoms with Gasteiger partial charge in [-0.3, -0.25) is 4.79 Å². The number of carbonyl (C=O) groups is 1. The molecule has 7 atom stereocenters. The van der Waals surface area contributed by atoms with Gasteiger partial charge in [0.15, 0.2) is 5.78 Å². The average Bonchev–Trinajstić information content (AvgIpc) is 2.75. The minimum absolute atomic E-state index is 0.235. The number of carbonyl (C=O) groups excluding carboxylic acids is 1. The number of ketones is 1. The van der Waals surface area contributed by atoms with Crippen LogP contribution in [0.15, 0.2) is 11.6 Å². The highest BCUT2D eigenvalue weighted by Gasteiger charge is 2.58. The predicted molar refractivity (Wildman–Crippen MR) is 86.2 cm³/mol. The molecule has 24 heavy (non-hydrogen) atoms. The van der Waals surface area contributed by atoms with Crippen molar-refractivity contribution in [2.24, 2.45) is 40.9 Å². The standard InChI is InChI=1S/C20H27F3O/c1-11-9-17(24)19(2)8-7-15-14-6-4-13(20(21,22)23)10-12(14)3-5-16(15)18(11)19/h9,12-16,18H,3-8,10H2,1-2H3. The van der Waals surface area contributed by atoms with Crippen molar-refractivity contribution in [2.45, 2.75) is 65.0 Å². The molecule has 0 spiro atoms. The van der Waals surface area contributed by atoms with Crippen molar-refractivity contribution in [3.8, 4) is 0 Å². The number of fused-ring (bicyclic) bond motifs is 5. The third-order valence-electron chi connectivity index (χ3n) is 8.00. The lowest BCUT2D eigenvalue weighted by atomic mass is 9.49. The van der Waals surface area contributed by atoms with Gasteiger partial charge in [0.05, 0.1) is 5.92 Å². The van der Waals surface area contributed by atoms with Gasteiger partial charge >= 0.3 is 6.18 Å². The van der Waals surface area contributed by atoms with E-state index in [0.29, 0.717) is 36.5 Å². The smallest absolute Gasteiger partial charge is 0.294 e. The molecular formula is C20H27F3O. The van der Waals surface area contributed by atoms with Gasteiger partial charge in [0.25, 0.3) is 0 Å². The number of rotatable bonds is 0. The highest BCUT2D eigenvalue weighted by molar-refractivity contribution is 5.98. The molecule has 0 radical (unpaired) electrons. The van der Waals surface area contributed by atoms with E-state index >= 15 is 0 Å². The number of alkyl halides is 3. The van der Waals surface area contributed by atoms with Crippen molar-refractivity contribution in [3.63, 3.8) is 0 Å². The van der Waals surface area contributed by atoms with Gasteiger partial charge in [0, 0.05) is 5.41 Å². The van der Waals surface area contributed by atoms with Crippen LogP contribution in [0.1, 0.15) is 58.8 Å². The lowest BCUT2D eigenvalue weighted by molar-refractivity contribution is -0.195. The maximum atomic E-state index is 13.1. The molecule has 0 aliphatic heterocycles. The van der Waals surface area contributed by atoms with E-state index in [2.05, 4.69) is 13.8 Å². The van der Waals surface area contributed by atoms with Gasteiger partial charge in [0.1, 0.15) is 0 Å². The van der Waals surface area contributed by atoms with Crippen LogP contribution in [0.5, 0.6) is 0 Å². The molecule has 0 aromatic rings. The highest BCUT2D eigenvalue weighted by Crippen LogP contribution is 2.62. The molecule has 3 saturated carbocycles. The summed E-state index contributed by atoms with van der Waals surface area (Å²) < 4.78 is 39.3. The Morgan fingerprint density at radius 1 is 1.04 bits per heavy atom. The first-order chi connectivity index (χ1) is 11.2. The lowest BCUT2D eigenvalue weighted by Gasteiger charge is -2.55. The molecule has 0 aromatic carbocycles. The Kier molecular flexibility index (Phi) is 3.71. The molecule has 0 bridgehead atoms. The summed E-state index contributed by atoms with van der Waals surface area (Å²) >= 11 is 0. The largest absolute Gasteiger partial charge is 0.391 e. The second-order valence-corrected chi connectivity index (χ2v) is 9.07. The van der Waals surface area contributed by atoms with Crippen LogP contribution in [0.4, 0.5) is 13.2 Å². The van der Waals surface area contributed by atoms with Crippen LogP contribution in [0.25, 0.3) is 0 Å². The van der Waals surface area contributed by atoms with E-state index in [1.165, 1.54) is 5.57 Å². The maximum absolute atomic E-state index is 13.1. The highest BCUT2D eigenvalue weighted by atomic mass is 19.4. The lowest BCUT2D eigenvalue weighted by Crippen LogP contribution is -2.50. The molecule has 0 saturated heterocycles. The molecule has 4 rings (SSSR count). The summed E-state index contributed by atoms with van der Waals surface area (Å²) in [6, 6.07) is 0. The van der Waals surface area contributed by atoms with Crippen LogP contribution >= 0.6 is 0 Å². The zero-order valence-electron chi connectivity index (χ0n) is 14.5. The van der Waals surface area contributed by atoms with E-state index in [1.807, 2.05) is 6.08 Å². The minimum Gasteiger partial charge on any atom is -0.294 e. The molecule has 0 N–H and O–H groups in total. The van der Waals surface area contributed by atoms with Crippen molar-refractivity contribution in [1.82, 2.24) is 0 Å². The Labute approximate surface area is 142 Å². The van der Waals surface area contributed by atoms with Gasteiger partial charge in [-0.25, -0.2) is 0 Å². The first-order valence-electron chi connectivity index (χ1n) is 9.51. The van der Waals surface area contributed by atoms with Crippen molar-refractivity contribution >= 4 is 5.78 Å². The van der Waals surface area contributed by atoms with Crippen molar-refractivity contribution in [3.05, 3.63) is 11.6 Å². The molecule has 0 amide bonds. The fourth-order valence-electron chi connectivity index (χ4n) is 6.93. The minimum atomic E-state index is -4.02. The summed E-state index contributed by atoms with van der Waals surface area (Å²) in [6.07, 6.45) is 3.08. The van der Waals surface area contributed by atoms with E-state index in [-0.39, 0.29) is 17.1 Å². The monoisotopic (exact) mass is 340 g/mol. The van der Waals surface area contributed by atoms with Gasteiger partial charge in [-0.05, 0) is 87.5 Å². The molecule has 0 aromatic heterocycles.